The third-order valence-corrected chi connectivity index (χ3v) is 5.08. The average Bonchev–Trinajstić information content (AvgIpc) is 3.02. The van der Waals surface area contributed by atoms with Gasteiger partial charge in [-0.05, 0) is 0 Å². The van der Waals surface area contributed by atoms with E-state index in [1.807, 2.05) is 0 Å². The first-order valence-electron chi connectivity index (χ1n) is 6.76. The fourth-order valence-corrected chi connectivity index (χ4v) is 3.63. The standard InChI is InChI=1S/C11H19B2O8P/c1-15-6-4-18-11(13)9(6)21-22(14,17-3)20-7-5-19-10(12)8(7)16-2/h6-11H,4-5H2,1-3H3/t6?,7?,8-,9-,10+,11+,22?/m0/s1. The largest absolute Gasteiger partial charge is 0.475 e. The van der Waals surface area contributed by atoms with Gasteiger partial charge in [0.2, 0.25) is 0 Å². The molecule has 8 nitrogen and oxygen atoms in total. The van der Waals surface area contributed by atoms with Gasteiger partial charge < -0.3 is 18.9 Å². The summed E-state index contributed by atoms with van der Waals surface area (Å²) in [6.45, 7) is 0.335. The van der Waals surface area contributed by atoms with Crippen molar-refractivity contribution in [2.45, 2.75) is 36.4 Å². The van der Waals surface area contributed by atoms with Crippen molar-refractivity contribution < 1.29 is 37.1 Å². The van der Waals surface area contributed by atoms with Gasteiger partial charge in [0.15, 0.2) is 0 Å². The summed E-state index contributed by atoms with van der Waals surface area (Å²) in [7, 11) is 11.7. The molecule has 0 aromatic heterocycles. The monoisotopic (exact) mass is 332 g/mol. The van der Waals surface area contributed by atoms with Crippen LogP contribution < -0.4 is 0 Å². The molecule has 2 saturated heterocycles. The zero-order valence-electron chi connectivity index (χ0n) is 12.7. The van der Waals surface area contributed by atoms with Crippen molar-refractivity contribution in [1.29, 1.82) is 0 Å². The van der Waals surface area contributed by atoms with E-state index in [2.05, 4.69) is 0 Å². The molecule has 2 fully saturated rings. The Bertz CT molecular complexity index is 414. The number of methoxy groups -OCH3 is 2. The van der Waals surface area contributed by atoms with Crippen molar-refractivity contribution in [2.75, 3.05) is 34.5 Å². The number of phosphoric acid groups is 1. The molecule has 11 heteroatoms. The summed E-state index contributed by atoms with van der Waals surface area (Å²) in [6, 6.07) is -1.47. The fraction of sp³-hybridized carbons (Fsp3) is 1.00. The van der Waals surface area contributed by atoms with Crippen molar-refractivity contribution >= 4 is 23.5 Å². The van der Waals surface area contributed by atoms with Crippen molar-refractivity contribution in [1.82, 2.24) is 0 Å². The van der Waals surface area contributed by atoms with E-state index in [1.165, 1.54) is 21.3 Å². The number of phosphoric ester groups is 1. The highest BCUT2D eigenvalue weighted by atomic mass is 31.2. The molecular formula is C11H19B2O8P. The Morgan fingerprint density at radius 3 is 2.05 bits per heavy atom. The van der Waals surface area contributed by atoms with Crippen LogP contribution >= 0.6 is 7.82 Å². The number of rotatable bonds is 7. The quantitative estimate of drug-likeness (QED) is 0.460. The van der Waals surface area contributed by atoms with Crippen LogP contribution in [0.2, 0.25) is 0 Å². The molecule has 4 radical (unpaired) electrons. The summed E-state index contributed by atoms with van der Waals surface area (Å²) in [5.74, 6) is 0. The Hall–Kier alpha value is 0.0799. The summed E-state index contributed by atoms with van der Waals surface area (Å²) in [4.78, 5) is 0. The van der Waals surface area contributed by atoms with Crippen LogP contribution in [0.5, 0.6) is 0 Å². The maximum atomic E-state index is 12.7. The Labute approximate surface area is 132 Å². The van der Waals surface area contributed by atoms with Gasteiger partial charge in [-0.3, -0.25) is 13.6 Å². The second kappa shape index (κ2) is 7.77. The second-order valence-corrected chi connectivity index (χ2v) is 6.60. The average molecular weight is 332 g/mol. The van der Waals surface area contributed by atoms with Crippen LogP contribution in [0.25, 0.3) is 0 Å². The lowest BCUT2D eigenvalue weighted by atomic mass is 9.94. The summed E-state index contributed by atoms with van der Waals surface area (Å²) in [5, 5.41) is 0. The molecule has 0 saturated carbocycles. The molecule has 7 atom stereocenters. The van der Waals surface area contributed by atoms with Crippen molar-refractivity contribution in [3.05, 3.63) is 0 Å². The Balaban J connectivity index is 2.04. The predicted octanol–water partition coefficient (Wildman–Crippen LogP) is -0.409. The first kappa shape index (κ1) is 18.4. The van der Waals surface area contributed by atoms with E-state index in [-0.39, 0.29) is 13.2 Å². The molecule has 2 aliphatic rings. The lowest BCUT2D eigenvalue weighted by molar-refractivity contribution is -0.0239. The van der Waals surface area contributed by atoms with Crippen LogP contribution in [0.4, 0.5) is 0 Å². The molecule has 0 spiro atoms. The lowest BCUT2D eigenvalue weighted by Gasteiger charge is -2.28. The molecule has 0 aromatic carbocycles. The summed E-state index contributed by atoms with van der Waals surface area (Å²) in [5.41, 5.74) is 0. The summed E-state index contributed by atoms with van der Waals surface area (Å²) < 4.78 is 49.3. The van der Waals surface area contributed by atoms with Crippen LogP contribution in [0.15, 0.2) is 0 Å². The van der Waals surface area contributed by atoms with Gasteiger partial charge in [0.1, 0.15) is 40.1 Å². The summed E-state index contributed by atoms with van der Waals surface area (Å²) >= 11 is 0. The predicted molar refractivity (Wildman–Crippen MR) is 76.9 cm³/mol. The first-order chi connectivity index (χ1) is 10.4. The van der Waals surface area contributed by atoms with Gasteiger partial charge in [-0.25, -0.2) is 4.57 Å². The van der Waals surface area contributed by atoms with Gasteiger partial charge in [0.25, 0.3) is 0 Å². The third-order valence-electron chi connectivity index (χ3n) is 3.60. The van der Waals surface area contributed by atoms with Crippen molar-refractivity contribution in [3.63, 3.8) is 0 Å². The normalized spacial score (nSPS) is 41.6. The zero-order valence-corrected chi connectivity index (χ0v) is 13.6. The van der Waals surface area contributed by atoms with E-state index in [0.717, 1.165) is 0 Å². The lowest BCUT2D eigenvalue weighted by Crippen LogP contribution is -2.37. The summed E-state index contributed by atoms with van der Waals surface area (Å²) in [6.07, 6.45) is -2.53. The van der Waals surface area contributed by atoms with E-state index in [1.54, 1.807) is 0 Å². The van der Waals surface area contributed by atoms with Crippen LogP contribution in [0, 0.1) is 0 Å². The van der Waals surface area contributed by atoms with Gasteiger partial charge in [0.05, 0.1) is 13.2 Å². The maximum Gasteiger partial charge on any atom is 0.475 e. The maximum absolute atomic E-state index is 12.7. The molecule has 2 rings (SSSR count). The van der Waals surface area contributed by atoms with Gasteiger partial charge in [-0.1, -0.05) is 0 Å². The third kappa shape index (κ3) is 3.94. The molecule has 3 unspecified atom stereocenters. The SMILES string of the molecule is [B][C@@H]1OCC(OP(=O)(OC)O[C@H]2C(OC)CO[C@H]2[B])[C@@H]1OC. The highest BCUT2D eigenvalue weighted by Crippen LogP contribution is 2.53. The van der Waals surface area contributed by atoms with E-state index < -0.39 is 44.2 Å². The van der Waals surface area contributed by atoms with Crippen molar-refractivity contribution in [3.8, 4) is 0 Å². The Morgan fingerprint density at radius 2 is 1.50 bits per heavy atom. The van der Waals surface area contributed by atoms with Gasteiger partial charge in [0, 0.05) is 33.3 Å². The number of hydrogen-bond donors (Lipinski definition) is 0. The molecule has 2 heterocycles. The fourth-order valence-electron chi connectivity index (χ4n) is 2.35. The zero-order chi connectivity index (χ0) is 16.3. The van der Waals surface area contributed by atoms with Crippen LogP contribution in [0.1, 0.15) is 0 Å². The van der Waals surface area contributed by atoms with Crippen LogP contribution in [0.3, 0.4) is 0 Å². The first-order valence-corrected chi connectivity index (χ1v) is 8.22. The Kier molecular flexibility index (Phi) is 6.50. The molecule has 0 amide bonds. The molecule has 0 aliphatic carbocycles. The van der Waals surface area contributed by atoms with Gasteiger partial charge >= 0.3 is 7.82 Å². The van der Waals surface area contributed by atoms with Crippen molar-refractivity contribution in [2.24, 2.45) is 0 Å². The highest BCUT2D eigenvalue weighted by Gasteiger charge is 2.45. The van der Waals surface area contributed by atoms with E-state index in [9.17, 15) is 4.57 Å². The molecule has 2 aliphatic heterocycles. The second-order valence-electron chi connectivity index (χ2n) is 4.91. The van der Waals surface area contributed by atoms with E-state index >= 15 is 0 Å². The number of ether oxygens (including phenoxy) is 4. The minimum absolute atomic E-state index is 0.108. The highest BCUT2D eigenvalue weighted by molar-refractivity contribution is 7.48. The van der Waals surface area contributed by atoms with Gasteiger partial charge in [-0.15, -0.1) is 0 Å². The topological polar surface area (TPSA) is 81.7 Å². The Morgan fingerprint density at radius 1 is 0.909 bits per heavy atom. The number of hydrogen-bond acceptors (Lipinski definition) is 8. The van der Waals surface area contributed by atoms with Gasteiger partial charge in [-0.2, -0.15) is 0 Å². The molecule has 22 heavy (non-hydrogen) atoms. The molecular weight excluding hydrogens is 313 g/mol. The van der Waals surface area contributed by atoms with E-state index in [0.29, 0.717) is 0 Å². The van der Waals surface area contributed by atoms with E-state index in [4.69, 9.17) is 48.2 Å². The minimum Gasteiger partial charge on any atom is -0.382 e. The smallest absolute Gasteiger partial charge is 0.382 e. The minimum atomic E-state index is -3.92. The molecule has 0 aromatic rings. The van der Waals surface area contributed by atoms with Crippen LogP contribution in [-0.4, -0.2) is 86.7 Å². The molecule has 0 N–H and O–H groups in total. The van der Waals surface area contributed by atoms with Crippen LogP contribution in [-0.2, 0) is 37.1 Å². The molecule has 122 valence electrons. The molecule has 0 bridgehead atoms.